The van der Waals surface area contributed by atoms with Crippen molar-refractivity contribution in [2.24, 2.45) is 0 Å². The molecule has 1 aliphatic carbocycles. The molecule has 0 atom stereocenters. The van der Waals surface area contributed by atoms with Crippen molar-refractivity contribution in [3.63, 3.8) is 0 Å². The molecule has 1 saturated carbocycles. The standard InChI is InChI=1S/C18H22N2O3/c21-18(20-9-1-8-19(10-11-20)15-4-5-15)7-3-14-2-6-16-17(12-14)23-13-22-16/h2-3,6-7,12,15H,1,4-5,8-11,13H2/b7-3-. The molecule has 122 valence electrons. The molecule has 3 aliphatic rings. The average Bonchev–Trinajstić information content (AvgIpc) is 3.34. The molecular formula is C18H22N2O3. The van der Waals surface area contributed by atoms with Crippen LogP contribution >= 0.6 is 0 Å². The van der Waals surface area contributed by atoms with E-state index in [0.29, 0.717) is 0 Å². The summed E-state index contributed by atoms with van der Waals surface area (Å²) in [6, 6.07) is 6.51. The summed E-state index contributed by atoms with van der Waals surface area (Å²) in [6.07, 6.45) is 7.26. The fourth-order valence-electron chi connectivity index (χ4n) is 3.25. The molecule has 1 aromatic carbocycles. The predicted octanol–water partition coefficient (Wildman–Crippen LogP) is 2.13. The lowest BCUT2D eigenvalue weighted by Gasteiger charge is -2.20. The first-order valence-corrected chi connectivity index (χ1v) is 8.40. The summed E-state index contributed by atoms with van der Waals surface area (Å²) in [4.78, 5) is 16.9. The van der Waals surface area contributed by atoms with Crippen molar-refractivity contribution in [3.8, 4) is 11.5 Å². The van der Waals surface area contributed by atoms with Gasteiger partial charge in [0.25, 0.3) is 0 Å². The Morgan fingerprint density at radius 1 is 1.09 bits per heavy atom. The molecule has 0 radical (unpaired) electrons. The zero-order valence-corrected chi connectivity index (χ0v) is 13.2. The summed E-state index contributed by atoms with van der Waals surface area (Å²) in [6.45, 7) is 4.09. The van der Waals surface area contributed by atoms with E-state index in [9.17, 15) is 4.79 Å². The van der Waals surface area contributed by atoms with Gasteiger partial charge in [-0.2, -0.15) is 0 Å². The normalized spacial score (nSPS) is 21.7. The molecule has 5 heteroatoms. The first-order valence-electron chi connectivity index (χ1n) is 8.40. The van der Waals surface area contributed by atoms with Crippen LogP contribution in [0.25, 0.3) is 6.08 Å². The Hall–Kier alpha value is -2.01. The highest BCUT2D eigenvalue weighted by Gasteiger charge is 2.30. The van der Waals surface area contributed by atoms with Gasteiger partial charge in [0.15, 0.2) is 11.5 Å². The number of carbonyl (C=O) groups is 1. The summed E-state index contributed by atoms with van der Waals surface area (Å²) < 4.78 is 10.7. The third kappa shape index (κ3) is 3.34. The van der Waals surface area contributed by atoms with Crippen LogP contribution in [0, 0.1) is 0 Å². The molecular weight excluding hydrogens is 292 g/mol. The number of hydrogen-bond donors (Lipinski definition) is 0. The van der Waals surface area contributed by atoms with Crippen LogP contribution in [0.15, 0.2) is 24.3 Å². The maximum absolute atomic E-state index is 12.4. The molecule has 1 amide bonds. The summed E-state index contributed by atoms with van der Waals surface area (Å²) >= 11 is 0. The van der Waals surface area contributed by atoms with Gasteiger partial charge in [0.2, 0.25) is 12.7 Å². The van der Waals surface area contributed by atoms with E-state index in [1.54, 1.807) is 6.08 Å². The van der Waals surface area contributed by atoms with Gasteiger partial charge in [-0.1, -0.05) is 6.07 Å². The molecule has 0 spiro atoms. The second-order valence-corrected chi connectivity index (χ2v) is 6.39. The highest BCUT2D eigenvalue weighted by molar-refractivity contribution is 5.91. The van der Waals surface area contributed by atoms with Gasteiger partial charge in [-0.3, -0.25) is 9.69 Å². The van der Waals surface area contributed by atoms with Crippen molar-refractivity contribution in [1.82, 2.24) is 9.80 Å². The number of ether oxygens (including phenoxy) is 2. The van der Waals surface area contributed by atoms with Crippen LogP contribution < -0.4 is 9.47 Å². The van der Waals surface area contributed by atoms with E-state index in [1.165, 1.54) is 12.8 Å². The van der Waals surface area contributed by atoms with Crippen molar-refractivity contribution in [3.05, 3.63) is 29.8 Å². The minimum Gasteiger partial charge on any atom is -0.454 e. The first kappa shape index (κ1) is 14.6. The highest BCUT2D eigenvalue weighted by atomic mass is 16.7. The molecule has 2 fully saturated rings. The lowest BCUT2D eigenvalue weighted by Crippen LogP contribution is -2.34. The third-order valence-corrected chi connectivity index (χ3v) is 4.72. The van der Waals surface area contributed by atoms with Crippen LogP contribution in [0.3, 0.4) is 0 Å². The van der Waals surface area contributed by atoms with Crippen LogP contribution in [0.1, 0.15) is 24.8 Å². The van der Waals surface area contributed by atoms with Gasteiger partial charge < -0.3 is 14.4 Å². The Morgan fingerprint density at radius 3 is 2.83 bits per heavy atom. The summed E-state index contributed by atoms with van der Waals surface area (Å²) in [5.74, 6) is 1.61. The van der Waals surface area contributed by atoms with Gasteiger partial charge in [-0.15, -0.1) is 0 Å². The number of nitrogens with zero attached hydrogens (tertiary/aromatic N) is 2. The van der Waals surface area contributed by atoms with E-state index in [1.807, 2.05) is 29.2 Å². The zero-order valence-electron chi connectivity index (χ0n) is 13.2. The number of amides is 1. The minimum absolute atomic E-state index is 0.0975. The summed E-state index contributed by atoms with van der Waals surface area (Å²) in [7, 11) is 0. The van der Waals surface area contributed by atoms with Crippen LogP contribution in [0.2, 0.25) is 0 Å². The van der Waals surface area contributed by atoms with Gasteiger partial charge >= 0.3 is 0 Å². The van der Waals surface area contributed by atoms with Gasteiger partial charge in [-0.25, -0.2) is 0 Å². The maximum Gasteiger partial charge on any atom is 0.246 e. The first-order chi connectivity index (χ1) is 11.3. The number of hydrogen-bond acceptors (Lipinski definition) is 4. The van der Waals surface area contributed by atoms with E-state index in [4.69, 9.17) is 9.47 Å². The summed E-state index contributed by atoms with van der Waals surface area (Å²) in [5, 5.41) is 0. The second-order valence-electron chi connectivity index (χ2n) is 6.39. The lowest BCUT2D eigenvalue weighted by molar-refractivity contribution is -0.125. The van der Waals surface area contributed by atoms with Crippen LogP contribution in [-0.2, 0) is 4.79 Å². The van der Waals surface area contributed by atoms with Crippen molar-refractivity contribution in [2.75, 3.05) is 33.0 Å². The monoisotopic (exact) mass is 314 g/mol. The van der Waals surface area contributed by atoms with Gasteiger partial charge in [-0.05, 0) is 43.0 Å². The van der Waals surface area contributed by atoms with Gasteiger partial charge in [0.05, 0.1) is 0 Å². The zero-order chi connectivity index (χ0) is 15.6. The molecule has 5 nitrogen and oxygen atoms in total. The van der Waals surface area contributed by atoms with Gasteiger partial charge in [0.1, 0.15) is 0 Å². The molecule has 23 heavy (non-hydrogen) atoms. The Labute approximate surface area is 136 Å². The molecule has 2 aliphatic heterocycles. The average molecular weight is 314 g/mol. The fraction of sp³-hybridized carbons (Fsp3) is 0.500. The predicted molar refractivity (Wildman–Crippen MR) is 87.4 cm³/mol. The third-order valence-electron chi connectivity index (χ3n) is 4.72. The molecule has 4 rings (SSSR count). The molecule has 0 aromatic heterocycles. The van der Waals surface area contributed by atoms with Crippen molar-refractivity contribution < 1.29 is 14.3 Å². The van der Waals surface area contributed by atoms with E-state index in [0.717, 1.165) is 55.7 Å². The number of fused-ring (bicyclic) bond motifs is 1. The maximum atomic E-state index is 12.4. The number of rotatable bonds is 3. The van der Waals surface area contributed by atoms with Crippen LogP contribution in [0.5, 0.6) is 11.5 Å². The Bertz CT molecular complexity index is 625. The van der Waals surface area contributed by atoms with Crippen molar-refractivity contribution in [1.29, 1.82) is 0 Å². The quantitative estimate of drug-likeness (QED) is 0.802. The number of carbonyl (C=O) groups excluding carboxylic acids is 1. The van der Waals surface area contributed by atoms with Crippen molar-refractivity contribution in [2.45, 2.75) is 25.3 Å². The topological polar surface area (TPSA) is 42.0 Å². The second kappa shape index (κ2) is 6.24. The largest absolute Gasteiger partial charge is 0.454 e. The van der Waals surface area contributed by atoms with E-state index < -0.39 is 0 Å². The minimum atomic E-state index is 0.0975. The van der Waals surface area contributed by atoms with Gasteiger partial charge in [0, 0.05) is 38.3 Å². The number of benzene rings is 1. The molecule has 1 saturated heterocycles. The molecule has 2 heterocycles. The fourth-order valence-corrected chi connectivity index (χ4v) is 3.25. The summed E-state index contributed by atoms with van der Waals surface area (Å²) in [5.41, 5.74) is 0.956. The lowest BCUT2D eigenvalue weighted by atomic mass is 10.2. The Balaban J connectivity index is 1.37. The Morgan fingerprint density at radius 2 is 1.96 bits per heavy atom. The van der Waals surface area contributed by atoms with Crippen molar-refractivity contribution >= 4 is 12.0 Å². The molecule has 0 bridgehead atoms. The molecule has 0 N–H and O–H groups in total. The van der Waals surface area contributed by atoms with Crippen LogP contribution in [-0.4, -0.2) is 54.7 Å². The van der Waals surface area contributed by atoms with E-state index >= 15 is 0 Å². The SMILES string of the molecule is O=C(/C=C\c1ccc2c(c1)OCO2)N1CCCN(C2CC2)CC1. The van der Waals surface area contributed by atoms with Crippen LogP contribution in [0.4, 0.5) is 0 Å². The van der Waals surface area contributed by atoms with E-state index in [-0.39, 0.29) is 12.7 Å². The molecule has 0 unspecified atom stereocenters. The smallest absolute Gasteiger partial charge is 0.246 e. The molecule has 1 aromatic rings. The Kier molecular flexibility index (Phi) is 3.95. The highest BCUT2D eigenvalue weighted by Crippen LogP contribution is 2.32. The van der Waals surface area contributed by atoms with E-state index in [2.05, 4.69) is 4.90 Å².